The minimum Gasteiger partial charge on any atom is -0.307 e. The maximum Gasteiger partial charge on any atom is 0.142 e. The molecule has 0 heterocycles. The first kappa shape index (κ1) is 7.19. The van der Waals surface area contributed by atoms with Crippen LogP contribution in [0.15, 0.2) is 0 Å². The molecule has 0 bridgehead atoms. The predicted molar refractivity (Wildman–Crippen MR) is 32.9 cm³/mol. The van der Waals surface area contributed by atoms with E-state index in [1.807, 2.05) is 6.92 Å². The number of rotatable bonds is 2. The van der Waals surface area contributed by atoms with E-state index >= 15 is 0 Å². The van der Waals surface area contributed by atoms with Crippen LogP contribution in [-0.4, -0.2) is 12.8 Å². The van der Waals surface area contributed by atoms with Crippen molar-refractivity contribution in [2.24, 2.45) is 5.50 Å². The molecule has 0 aromatic heterocycles. The van der Waals surface area contributed by atoms with Gasteiger partial charge in [0, 0.05) is 12.8 Å². The smallest absolute Gasteiger partial charge is 0.142 e. The molecule has 3 heteroatoms. The van der Waals surface area contributed by atoms with E-state index in [0.717, 1.165) is 6.42 Å². The summed E-state index contributed by atoms with van der Waals surface area (Å²) in [5.41, 5.74) is 5.20. The molecular weight excluding hydrogens is 109 g/mol. The lowest BCUT2D eigenvalue weighted by atomic mass is 10.6. The second-order valence-corrected chi connectivity index (χ2v) is 4.69. The van der Waals surface area contributed by atoms with Crippen LogP contribution in [0.2, 0.25) is 0 Å². The van der Waals surface area contributed by atoms with Gasteiger partial charge in [-0.05, 0) is 6.42 Å². The summed E-state index contributed by atoms with van der Waals surface area (Å²) in [5.74, 6) is 0. The van der Waals surface area contributed by atoms with Gasteiger partial charge >= 0.3 is 0 Å². The Hall–Kier alpha value is 0.190. The molecule has 0 amide bonds. The number of hydrogen-bond acceptors (Lipinski definition) is 1. The summed E-state index contributed by atoms with van der Waals surface area (Å²) in [6.45, 7) is 3.58. The molecule has 7 heavy (non-hydrogen) atoms. The fraction of sp³-hybridized carbons (Fsp3) is 1.00. The van der Waals surface area contributed by atoms with E-state index in [0.29, 0.717) is 6.16 Å². The van der Waals surface area contributed by atoms with E-state index in [9.17, 15) is 4.57 Å². The standard InChI is InChI=1S/C4H12NOP/c1-3-4-7(2,5)6/h3-4H2,1-2H3,(H2,5,6). The monoisotopic (exact) mass is 121 g/mol. The maximum atomic E-state index is 10.6. The minimum atomic E-state index is -2.17. The van der Waals surface area contributed by atoms with Crippen LogP contribution in [0.3, 0.4) is 0 Å². The van der Waals surface area contributed by atoms with Crippen LogP contribution in [0.4, 0.5) is 0 Å². The van der Waals surface area contributed by atoms with E-state index in [1.54, 1.807) is 6.66 Å². The van der Waals surface area contributed by atoms with Crippen LogP contribution in [0.25, 0.3) is 0 Å². The molecule has 0 aliphatic carbocycles. The number of hydrogen-bond donors (Lipinski definition) is 1. The Kier molecular flexibility index (Phi) is 2.55. The van der Waals surface area contributed by atoms with Crippen LogP contribution in [-0.2, 0) is 4.57 Å². The third kappa shape index (κ3) is 6.19. The lowest BCUT2D eigenvalue weighted by molar-refractivity contribution is 0.578. The SMILES string of the molecule is CCCP(C)(N)=O. The second-order valence-electron chi connectivity index (χ2n) is 1.90. The Morgan fingerprint density at radius 1 is 1.71 bits per heavy atom. The molecule has 0 aliphatic rings. The zero-order chi connectivity index (χ0) is 5.91. The summed E-state index contributed by atoms with van der Waals surface area (Å²) in [7, 11) is -2.17. The fourth-order valence-electron chi connectivity index (χ4n) is 0.444. The Morgan fingerprint density at radius 3 is 2.14 bits per heavy atom. The Balaban J connectivity index is 3.36. The van der Waals surface area contributed by atoms with Crippen molar-refractivity contribution in [2.45, 2.75) is 13.3 Å². The van der Waals surface area contributed by atoms with E-state index < -0.39 is 7.29 Å². The van der Waals surface area contributed by atoms with Gasteiger partial charge in [0.2, 0.25) is 0 Å². The maximum absolute atomic E-state index is 10.6. The van der Waals surface area contributed by atoms with Crippen molar-refractivity contribution in [3.63, 3.8) is 0 Å². The van der Waals surface area contributed by atoms with Crippen molar-refractivity contribution in [3.8, 4) is 0 Å². The van der Waals surface area contributed by atoms with Crippen molar-refractivity contribution in [3.05, 3.63) is 0 Å². The molecule has 1 unspecified atom stereocenters. The van der Waals surface area contributed by atoms with Crippen LogP contribution in [0.1, 0.15) is 13.3 Å². The summed E-state index contributed by atoms with van der Waals surface area (Å²) in [6, 6.07) is 0. The molecule has 0 spiro atoms. The highest BCUT2D eigenvalue weighted by Crippen LogP contribution is 2.30. The summed E-state index contributed by atoms with van der Waals surface area (Å²) in [4.78, 5) is 0. The highest BCUT2D eigenvalue weighted by Gasteiger charge is 2.02. The second kappa shape index (κ2) is 2.49. The minimum absolute atomic E-state index is 0.674. The molecule has 0 saturated heterocycles. The molecule has 2 nitrogen and oxygen atoms in total. The van der Waals surface area contributed by atoms with Gasteiger partial charge in [0.05, 0.1) is 0 Å². The molecule has 0 aromatic rings. The molecular formula is C4H12NOP. The van der Waals surface area contributed by atoms with Crippen LogP contribution < -0.4 is 5.50 Å². The van der Waals surface area contributed by atoms with E-state index in [2.05, 4.69) is 0 Å². The lowest BCUT2D eigenvalue weighted by Crippen LogP contribution is -1.95. The van der Waals surface area contributed by atoms with Gasteiger partial charge in [-0.15, -0.1) is 0 Å². The molecule has 0 aliphatic heterocycles. The Labute approximate surface area is 44.5 Å². The third-order valence-corrected chi connectivity index (χ3v) is 2.00. The first-order valence-corrected chi connectivity index (χ1v) is 4.82. The zero-order valence-electron chi connectivity index (χ0n) is 4.85. The largest absolute Gasteiger partial charge is 0.307 e. The molecule has 0 saturated carbocycles. The molecule has 0 rings (SSSR count). The summed E-state index contributed by atoms with van der Waals surface area (Å²) >= 11 is 0. The summed E-state index contributed by atoms with van der Waals surface area (Å²) in [5, 5.41) is 0. The van der Waals surface area contributed by atoms with Gasteiger partial charge in [-0.2, -0.15) is 0 Å². The normalized spacial score (nSPS) is 18.7. The first-order valence-electron chi connectivity index (χ1n) is 2.41. The average Bonchev–Trinajstić information content (AvgIpc) is 1.30. The highest BCUT2D eigenvalue weighted by molar-refractivity contribution is 7.60. The van der Waals surface area contributed by atoms with Crippen LogP contribution in [0, 0.1) is 0 Å². The molecule has 2 N–H and O–H groups in total. The van der Waals surface area contributed by atoms with Gasteiger partial charge in [0.1, 0.15) is 7.29 Å². The summed E-state index contributed by atoms with van der Waals surface area (Å²) < 4.78 is 10.6. The highest BCUT2D eigenvalue weighted by atomic mass is 31.2. The van der Waals surface area contributed by atoms with Crippen molar-refractivity contribution in [2.75, 3.05) is 12.8 Å². The van der Waals surface area contributed by atoms with Crippen molar-refractivity contribution < 1.29 is 4.57 Å². The third-order valence-electron chi connectivity index (χ3n) is 0.668. The first-order chi connectivity index (χ1) is 3.06. The molecule has 1 atom stereocenters. The Morgan fingerprint density at radius 2 is 2.14 bits per heavy atom. The molecule has 0 fully saturated rings. The molecule has 0 aromatic carbocycles. The van der Waals surface area contributed by atoms with E-state index in [1.165, 1.54) is 0 Å². The van der Waals surface area contributed by atoms with Crippen molar-refractivity contribution >= 4 is 7.29 Å². The molecule has 0 radical (unpaired) electrons. The summed E-state index contributed by atoms with van der Waals surface area (Å²) in [6.07, 6.45) is 1.59. The van der Waals surface area contributed by atoms with E-state index in [4.69, 9.17) is 5.50 Å². The topological polar surface area (TPSA) is 43.1 Å². The zero-order valence-corrected chi connectivity index (χ0v) is 5.74. The van der Waals surface area contributed by atoms with Gasteiger partial charge in [-0.25, -0.2) is 0 Å². The van der Waals surface area contributed by atoms with E-state index in [-0.39, 0.29) is 0 Å². The van der Waals surface area contributed by atoms with Crippen LogP contribution in [0.5, 0.6) is 0 Å². The van der Waals surface area contributed by atoms with Gasteiger partial charge < -0.3 is 4.57 Å². The van der Waals surface area contributed by atoms with Gasteiger partial charge in [-0.1, -0.05) is 6.92 Å². The van der Waals surface area contributed by atoms with Crippen molar-refractivity contribution in [1.82, 2.24) is 0 Å². The van der Waals surface area contributed by atoms with Crippen molar-refractivity contribution in [1.29, 1.82) is 0 Å². The fourth-order valence-corrected chi connectivity index (χ4v) is 1.33. The molecule has 44 valence electrons. The van der Waals surface area contributed by atoms with Gasteiger partial charge in [0.15, 0.2) is 0 Å². The predicted octanol–water partition coefficient (Wildman–Crippen LogP) is 1.26. The quantitative estimate of drug-likeness (QED) is 0.559. The number of nitrogens with two attached hydrogens (primary N) is 1. The van der Waals surface area contributed by atoms with Crippen LogP contribution >= 0.6 is 7.29 Å². The Bertz CT molecular complexity index is 85.7. The average molecular weight is 121 g/mol. The van der Waals surface area contributed by atoms with Gasteiger partial charge in [0.25, 0.3) is 0 Å². The van der Waals surface area contributed by atoms with Gasteiger partial charge in [-0.3, -0.25) is 5.50 Å². The lowest BCUT2D eigenvalue weighted by Gasteiger charge is -2.00.